The Morgan fingerprint density at radius 1 is 1.68 bits per heavy atom. The molecule has 0 saturated carbocycles. The molecular weight excluding hydrogens is 264 g/mol. The van der Waals surface area contributed by atoms with Crippen molar-refractivity contribution in [3.8, 4) is 0 Å². The zero-order valence-electron chi connectivity index (χ0n) is 11.7. The Morgan fingerprint density at radius 3 is 2.74 bits per heavy atom. The molecule has 0 fully saturated rings. The zero-order chi connectivity index (χ0) is 14.6. The second-order valence-corrected chi connectivity index (χ2v) is 5.75. The van der Waals surface area contributed by atoms with Gasteiger partial charge < -0.3 is 15.8 Å². The SMILES string of the molecule is CCC(C)(C(=O)N(C)Cc1csc(C)n1)C(N)=NO. The number of nitrogens with two attached hydrogens (primary N) is 1. The van der Waals surface area contributed by atoms with Crippen LogP contribution in [-0.4, -0.2) is 33.9 Å². The molecule has 106 valence electrons. The Bertz CT molecular complexity index is 486. The summed E-state index contributed by atoms with van der Waals surface area (Å²) in [5.41, 5.74) is 5.49. The van der Waals surface area contributed by atoms with Gasteiger partial charge in [0.1, 0.15) is 5.41 Å². The number of hydrogen-bond donors (Lipinski definition) is 2. The Labute approximate surface area is 116 Å². The Kier molecular flexibility index (Phi) is 4.88. The first kappa shape index (κ1) is 15.4. The topological polar surface area (TPSA) is 91.8 Å². The number of aryl methyl sites for hydroxylation is 1. The highest BCUT2D eigenvalue weighted by Crippen LogP contribution is 2.25. The quantitative estimate of drug-likeness (QED) is 0.371. The summed E-state index contributed by atoms with van der Waals surface area (Å²) in [5, 5.41) is 14.7. The summed E-state index contributed by atoms with van der Waals surface area (Å²) in [6.45, 7) is 5.84. The van der Waals surface area contributed by atoms with Crippen LogP contribution < -0.4 is 5.73 Å². The van der Waals surface area contributed by atoms with Crippen LogP contribution in [0, 0.1) is 12.3 Å². The molecule has 0 aromatic carbocycles. The van der Waals surface area contributed by atoms with Crippen LogP contribution in [0.5, 0.6) is 0 Å². The maximum atomic E-state index is 12.4. The minimum atomic E-state index is -0.992. The number of oxime groups is 1. The van der Waals surface area contributed by atoms with E-state index in [1.54, 1.807) is 30.2 Å². The fourth-order valence-electron chi connectivity index (χ4n) is 1.77. The minimum Gasteiger partial charge on any atom is -0.409 e. The molecule has 0 saturated heterocycles. The van der Waals surface area contributed by atoms with Gasteiger partial charge in [0.05, 0.1) is 17.2 Å². The predicted octanol–water partition coefficient (Wildman–Crippen LogP) is 1.57. The van der Waals surface area contributed by atoms with Crippen LogP contribution >= 0.6 is 11.3 Å². The van der Waals surface area contributed by atoms with Crippen LogP contribution in [0.1, 0.15) is 31.0 Å². The number of hydrogen-bond acceptors (Lipinski definition) is 5. The molecule has 0 aliphatic rings. The van der Waals surface area contributed by atoms with Gasteiger partial charge in [0.2, 0.25) is 5.91 Å². The fourth-order valence-corrected chi connectivity index (χ4v) is 2.37. The van der Waals surface area contributed by atoms with Crippen molar-refractivity contribution < 1.29 is 10.0 Å². The molecule has 0 aliphatic carbocycles. The lowest BCUT2D eigenvalue weighted by Crippen LogP contribution is -2.48. The summed E-state index contributed by atoms with van der Waals surface area (Å²) >= 11 is 1.54. The second-order valence-electron chi connectivity index (χ2n) is 4.69. The molecule has 0 spiro atoms. The lowest BCUT2D eigenvalue weighted by molar-refractivity contribution is -0.137. The lowest BCUT2D eigenvalue weighted by Gasteiger charge is -2.30. The molecule has 1 aromatic rings. The average molecular weight is 284 g/mol. The summed E-state index contributed by atoms with van der Waals surface area (Å²) in [6.07, 6.45) is 0.460. The molecule has 1 amide bonds. The largest absolute Gasteiger partial charge is 0.409 e. The Morgan fingerprint density at radius 2 is 2.32 bits per heavy atom. The average Bonchev–Trinajstić information content (AvgIpc) is 2.81. The normalized spacial score (nSPS) is 15.1. The number of aromatic nitrogens is 1. The summed E-state index contributed by atoms with van der Waals surface area (Å²) in [4.78, 5) is 18.3. The van der Waals surface area contributed by atoms with Crippen molar-refractivity contribution >= 4 is 23.1 Å². The first-order valence-corrected chi connectivity index (χ1v) is 6.87. The molecule has 7 heteroatoms. The summed E-state index contributed by atoms with van der Waals surface area (Å²) in [7, 11) is 1.69. The molecule has 1 rings (SSSR count). The first-order valence-electron chi connectivity index (χ1n) is 5.99. The van der Waals surface area contributed by atoms with Crippen molar-refractivity contribution in [1.29, 1.82) is 0 Å². The van der Waals surface area contributed by atoms with Crippen LogP contribution in [0.2, 0.25) is 0 Å². The number of carbonyl (C=O) groups is 1. The van der Waals surface area contributed by atoms with E-state index in [9.17, 15) is 4.79 Å². The number of rotatable bonds is 5. The van der Waals surface area contributed by atoms with Crippen LogP contribution in [0.3, 0.4) is 0 Å². The number of thiazole rings is 1. The standard InChI is InChI=1S/C12H20N4O2S/c1-5-12(3,10(13)15-18)11(17)16(4)6-9-7-19-8(2)14-9/h7,18H,5-6H2,1-4H3,(H2,13,15). The Balaban J connectivity index is 2.86. The van der Waals surface area contributed by atoms with E-state index in [0.29, 0.717) is 13.0 Å². The van der Waals surface area contributed by atoms with E-state index in [1.807, 2.05) is 19.2 Å². The molecule has 1 heterocycles. The van der Waals surface area contributed by atoms with Gasteiger partial charge in [0.25, 0.3) is 0 Å². The van der Waals surface area contributed by atoms with E-state index in [1.165, 1.54) is 0 Å². The molecule has 1 unspecified atom stereocenters. The van der Waals surface area contributed by atoms with Crippen LogP contribution in [0.15, 0.2) is 10.5 Å². The van der Waals surface area contributed by atoms with Gasteiger partial charge in [0.15, 0.2) is 5.84 Å². The van der Waals surface area contributed by atoms with Crippen molar-refractivity contribution in [3.63, 3.8) is 0 Å². The predicted molar refractivity (Wildman–Crippen MR) is 75.1 cm³/mol. The van der Waals surface area contributed by atoms with Crippen molar-refractivity contribution in [3.05, 3.63) is 16.1 Å². The molecule has 19 heavy (non-hydrogen) atoms. The molecule has 6 nitrogen and oxygen atoms in total. The highest BCUT2D eigenvalue weighted by molar-refractivity contribution is 7.09. The molecular formula is C12H20N4O2S. The van der Waals surface area contributed by atoms with Crippen molar-refractivity contribution in [2.24, 2.45) is 16.3 Å². The van der Waals surface area contributed by atoms with Gasteiger partial charge in [-0.3, -0.25) is 4.79 Å². The van der Waals surface area contributed by atoms with Crippen molar-refractivity contribution in [2.75, 3.05) is 7.05 Å². The van der Waals surface area contributed by atoms with Gasteiger partial charge in [-0.25, -0.2) is 4.98 Å². The third kappa shape index (κ3) is 3.23. The number of carbonyl (C=O) groups excluding carboxylic acids is 1. The summed E-state index contributed by atoms with van der Waals surface area (Å²) in [6, 6.07) is 0. The second kappa shape index (κ2) is 6.01. The van der Waals surface area contributed by atoms with Crippen molar-refractivity contribution in [2.45, 2.75) is 33.7 Å². The van der Waals surface area contributed by atoms with E-state index >= 15 is 0 Å². The molecule has 3 N–H and O–H groups in total. The van der Waals surface area contributed by atoms with Gasteiger partial charge in [0, 0.05) is 12.4 Å². The molecule has 0 aliphatic heterocycles. The lowest BCUT2D eigenvalue weighted by atomic mass is 9.84. The van der Waals surface area contributed by atoms with Gasteiger partial charge in [-0.05, 0) is 20.3 Å². The van der Waals surface area contributed by atoms with Gasteiger partial charge in [-0.15, -0.1) is 11.3 Å². The number of nitrogens with zero attached hydrogens (tertiary/aromatic N) is 3. The fraction of sp³-hybridized carbons (Fsp3) is 0.583. The van der Waals surface area contributed by atoms with Crippen LogP contribution in [-0.2, 0) is 11.3 Å². The van der Waals surface area contributed by atoms with E-state index in [0.717, 1.165) is 10.7 Å². The van der Waals surface area contributed by atoms with Gasteiger partial charge in [-0.1, -0.05) is 12.1 Å². The summed E-state index contributed by atoms with van der Waals surface area (Å²) in [5.74, 6) is -0.253. The smallest absolute Gasteiger partial charge is 0.236 e. The highest BCUT2D eigenvalue weighted by Gasteiger charge is 2.38. The molecule has 1 atom stereocenters. The maximum Gasteiger partial charge on any atom is 0.236 e. The molecule has 0 radical (unpaired) electrons. The van der Waals surface area contributed by atoms with Crippen molar-refractivity contribution in [1.82, 2.24) is 9.88 Å². The molecule has 0 bridgehead atoms. The number of amides is 1. The third-order valence-electron chi connectivity index (χ3n) is 3.26. The van der Waals surface area contributed by atoms with Gasteiger partial charge >= 0.3 is 0 Å². The highest BCUT2D eigenvalue weighted by atomic mass is 32.1. The first-order chi connectivity index (χ1) is 8.85. The summed E-state index contributed by atoms with van der Waals surface area (Å²) < 4.78 is 0. The monoisotopic (exact) mass is 284 g/mol. The van der Waals surface area contributed by atoms with E-state index < -0.39 is 5.41 Å². The van der Waals surface area contributed by atoms with Gasteiger partial charge in [-0.2, -0.15) is 0 Å². The molecule has 1 aromatic heterocycles. The maximum absolute atomic E-state index is 12.4. The Hall–Kier alpha value is -1.63. The minimum absolute atomic E-state index is 0.0682. The zero-order valence-corrected chi connectivity index (χ0v) is 12.5. The number of amidine groups is 1. The van der Waals surface area contributed by atoms with Crippen LogP contribution in [0.4, 0.5) is 0 Å². The van der Waals surface area contributed by atoms with E-state index in [-0.39, 0.29) is 11.7 Å². The van der Waals surface area contributed by atoms with E-state index in [2.05, 4.69) is 10.1 Å². The van der Waals surface area contributed by atoms with E-state index in [4.69, 9.17) is 10.9 Å². The third-order valence-corrected chi connectivity index (χ3v) is 4.09. The van der Waals surface area contributed by atoms with Crippen LogP contribution in [0.25, 0.3) is 0 Å².